The van der Waals surface area contributed by atoms with Gasteiger partial charge in [0.1, 0.15) is 11.5 Å². The number of benzene rings is 8. The van der Waals surface area contributed by atoms with E-state index in [0.717, 1.165) is 22.9 Å². The Bertz CT molecular complexity index is 3600. The highest BCUT2D eigenvalue weighted by atomic mass is 28.3. The molecule has 0 unspecified atom stereocenters. The van der Waals surface area contributed by atoms with Crippen LogP contribution in [0.3, 0.4) is 0 Å². The molecular weight excluding hydrogens is 941 g/mol. The lowest BCUT2D eigenvalue weighted by molar-refractivity contribution is 0.592. The monoisotopic (exact) mass is 1010 g/mol. The first kappa shape index (κ1) is 47.8. The predicted molar refractivity (Wildman–Crippen MR) is 324 cm³/mol. The number of hydrogen-bond acceptors (Lipinski definition) is 3. The van der Waals surface area contributed by atoms with Gasteiger partial charge in [0.25, 0.3) is 0 Å². The maximum absolute atomic E-state index is 7.31. The van der Waals surface area contributed by atoms with Gasteiger partial charge in [-0.25, -0.2) is 0 Å². The van der Waals surface area contributed by atoms with Crippen LogP contribution >= 0.6 is 0 Å². The first-order chi connectivity index (χ1) is 35.5. The fourth-order valence-corrected chi connectivity index (χ4v) is 16.2. The highest BCUT2D eigenvalue weighted by Gasteiger charge is 2.50. The molecule has 4 aliphatic rings. The predicted octanol–water partition coefficient (Wildman–Crippen LogP) is 18.5. The summed E-state index contributed by atoms with van der Waals surface area (Å²) in [7, 11) is -3.04. The summed E-state index contributed by atoms with van der Waals surface area (Å²) in [6.45, 7) is 33.8. The maximum atomic E-state index is 7.31. The summed E-state index contributed by atoms with van der Waals surface area (Å²) in [5.74, 6) is 2.03. The van der Waals surface area contributed by atoms with Gasteiger partial charge < -0.3 is 14.2 Å². The van der Waals surface area contributed by atoms with Gasteiger partial charge in [-0.05, 0) is 141 Å². The van der Waals surface area contributed by atoms with Crippen LogP contribution < -0.4 is 20.2 Å². The van der Waals surface area contributed by atoms with E-state index in [9.17, 15) is 0 Å². The van der Waals surface area contributed by atoms with Gasteiger partial charge in [-0.2, -0.15) is 0 Å². The van der Waals surface area contributed by atoms with Crippen molar-refractivity contribution >= 4 is 60.6 Å². The maximum Gasteiger partial charge on any atom is 0.139 e. The summed E-state index contributed by atoms with van der Waals surface area (Å²) >= 11 is 0. The van der Waals surface area contributed by atoms with Crippen molar-refractivity contribution in [1.29, 1.82) is 0 Å². The average molecular weight is 1010 g/mol. The third-order valence-electron chi connectivity index (χ3n) is 18.2. The lowest BCUT2D eigenvalue weighted by Gasteiger charge is -2.31. The second-order valence-electron chi connectivity index (χ2n) is 26.3. The van der Waals surface area contributed by atoms with E-state index in [4.69, 9.17) is 4.42 Å². The van der Waals surface area contributed by atoms with Crippen LogP contribution in [0.1, 0.15) is 99.9 Å². The number of hydrogen-bond donors (Lipinski definition) is 0. The highest BCUT2D eigenvalue weighted by molar-refractivity contribution is 6.89. The van der Waals surface area contributed by atoms with Crippen LogP contribution in [0.5, 0.6) is 0 Å². The fraction of sp³-hybridized carbons (Fsp3) is 0.257. The van der Waals surface area contributed by atoms with Crippen molar-refractivity contribution in [2.24, 2.45) is 0 Å². The molecular formula is C70H70N2OSi2. The lowest BCUT2D eigenvalue weighted by Crippen LogP contribution is -2.37. The molecule has 374 valence electrons. The van der Waals surface area contributed by atoms with Crippen LogP contribution in [0.25, 0.3) is 44.9 Å². The Labute approximate surface area is 448 Å². The smallest absolute Gasteiger partial charge is 0.139 e. The van der Waals surface area contributed by atoms with E-state index in [1.165, 1.54) is 111 Å². The molecule has 1 aromatic heterocycles. The van der Waals surface area contributed by atoms with Gasteiger partial charge in [-0.15, -0.1) is 0 Å². The van der Waals surface area contributed by atoms with Crippen molar-refractivity contribution in [3.63, 3.8) is 0 Å². The van der Waals surface area contributed by atoms with Gasteiger partial charge in [0.05, 0.1) is 16.1 Å². The minimum Gasteiger partial charge on any atom is -0.455 e. The molecule has 4 aliphatic carbocycles. The Kier molecular flexibility index (Phi) is 10.1. The zero-order chi connectivity index (χ0) is 52.5. The summed E-state index contributed by atoms with van der Waals surface area (Å²) in [6.07, 6.45) is 0. The first-order valence-corrected chi connectivity index (χ1v) is 34.2. The van der Waals surface area contributed by atoms with Crippen molar-refractivity contribution in [3.05, 3.63) is 214 Å². The highest BCUT2D eigenvalue weighted by Crippen LogP contribution is 2.63. The molecule has 0 saturated carbocycles. The van der Waals surface area contributed by atoms with E-state index in [-0.39, 0.29) is 21.7 Å². The topological polar surface area (TPSA) is 19.6 Å². The second-order valence-corrected chi connectivity index (χ2v) is 36.4. The van der Waals surface area contributed by atoms with Crippen LogP contribution in [0.2, 0.25) is 39.3 Å². The summed E-state index contributed by atoms with van der Waals surface area (Å²) in [6, 6.07) is 65.3. The molecule has 0 bridgehead atoms. The second kappa shape index (κ2) is 15.8. The van der Waals surface area contributed by atoms with E-state index in [0.29, 0.717) is 0 Å². The third-order valence-corrected chi connectivity index (χ3v) is 22.3. The van der Waals surface area contributed by atoms with Crippen LogP contribution in [0, 0.1) is 0 Å². The van der Waals surface area contributed by atoms with Crippen molar-refractivity contribution in [1.82, 2.24) is 0 Å². The third kappa shape index (κ3) is 6.89. The summed E-state index contributed by atoms with van der Waals surface area (Å²) < 4.78 is 7.31. The summed E-state index contributed by atoms with van der Waals surface area (Å²) in [4.78, 5) is 4.97. The van der Waals surface area contributed by atoms with E-state index >= 15 is 0 Å². The molecule has 3 nitrogen and oxygen atoms in total. The molecule has 0 aliphatic heterocycles. The van der Waals surface area contributed by atoms with Crippen molar-refractivity contribution in [3.8, 4) is 44.9 Å². The van der Waals surface area contributed by atoms with Crippen LogP contribution in [-0.4, -0.2) is 16.1 Å². The molecule has 0 N–H and O–H groups in total. The van der Waals surface area contributed by atoms with E-state index in [2.05, 4.69) is 274 Å². The molecule has 8 aromatic carbocycles. The lowest BCUT2D eigenvalue weighted by atomic mass is 9.74. The standard InChI is InChI=1S/C70H70N2OSi2/c1-67(2)57-21-17-15-19-51(57)53-35-27-45(39-59(53)67)71(43-23-31-49(32-24-43)74(9,10)11)47-29-37-55-61(41-47)69(5,6)63-64-66(73-65(55)63)56-38-30-48(42-62(56)70(64,7)8)72(44-25-33-50(34-26-44)75(12,13)14)46-28-36-54-52-20-16-18-22-58(52)68(3,4)60(54)40-46/h15-42H,1-14H3. The number of furan rings is 1. The Balaban J connectivity index is 0.903. The molecule has 1 heterocycles. The fourth-order valence-electron chi connectivity index (χ4n) is 13.8. The summed E-state index contributed by atoms with van der Waals surface area (Å²) in [5.41, 5.74) is 24.6. The number of anilines is 6. The zero-order valence-electron chi connectivity index (χ0n) is 46.5. The Morgan fingerprint density at radius 1 is 0.293 bits per heavy atom. The van der Waals surface area contributed by atoms with Gasteiger partial charge in [0, 0.05) is 78.0 Å². The van der Waals surface area contributed by atoms with Crippen molar-refractivity contribution in [2.75, 3.05) is 9.80 Å². The molecule has 0 spiro atoms. The van der Waals surface area contributed by atoms with E-state index in [1.54, 1.807) is 0 Å². The number of rotatable bonds is 8. The van der Waals surface area contributed by atoms with E-state index < -0.39 is 16.1 Å². The largest absolute Gasteiger partial charge is 0.455 e. The van der Waals surface area contributed by atoms with Gasteiger partial charge in [0.2, 0.25) is 0 Å². The number of fused-ring (bicyclic) bond motifs is 13. The van der Waals surface area contributed by atoms with Gasteiger partial charge in [-0.3, -0.25) is 0 Å². The SMILES string of the molecule is CC1(C)c2ccccc2-c2ccc(N(c3ccc([Si](C)(C)C)cc3)c3ccc4c(c3)C(C)(C)c3c-4oc4c3C(C)(C)c3cc(N(c5ccc([Si](C)(C)C)cc5)c5ccc6c(c5)C(C)(C)c5ccccc5-6)ccc3-4)cc21. The molecule has 0 fully saturated rings. The van der Waals surface area contributed by atoms with Crippen LogP contribution in [-0.2, 0) is 21.7 Å². The van der Waals surface area contributed by atoms with Crippen molar-refractivity contribution < 1.29 is 4.42 Å². The minimum atomic E-state index is -1.52. The van der Waals surface area contributed by atoms with Crippen LogP contribution in [0.15, 0.2) is 174 Å². The Morgan fingerprint density at radius 2 is 0.573 bits per heavy atom. The quantitative estimate of drug-likeness (QED) is 0.141. The molecule has 0 atom stereocenters. The Hall–Kier alpha value is -6.93. The molecule has 9 aromatic rings. The molecule has 75 heavy (non-hydrogen) atoms. The average Bonchev–Trinajstić information content (AvgIpc) is 4.11. The van der Waals surface area contributed by atoms with Crippen molar-refractivity contribution in [2.45, 2.75) is 116 Å². The zero-order valence-corrected chi connectivity index (χ0v) is 48.5. The first-order valence-electron chi connectivity index (χ1n) is 27.2. The van der Waals surface area contributed by atoms with Gasteiger partial charge in [-0.1, -0.05) is 190 Å². The molecule has 5 heteroatoms. The van der Waals surface area contributed by atoms with Gasteiger partial charge in [0.15, 0.2) is 0 Å². The normalized spacial score (nSPS) is 16.3. The minimum absolute atomic E-state index is 0.113. The van der Waals surface area contributed by atoms with Gasteiger partial charge >= 0.3 is 0 Å². The summed E-state index contributed by atoms with van der Waals surface area (Å²) in [5, 5.41) is 2.92. The Morgan fingerprint density at radius 3 is 0.907 bits per heavy atom. The molecule has 0 radical (unpaired) electrons. The molecule has 0 amide bonds. The van der Waals surface area contributed by atoms with Crippen LogP contribution in [0.4, 0.5) is 34.1 Å². The van der Waals surface area contributed by atoms with E-state index in [1.807, 2.05) is 0 Å². The molecule has 13 rings (SSSR count). The molecule has 0 saturated heterocycles. The number of nitrogens with zero attached hydrogens (tertiary/aromatic N) is 2.